The number of carbonyl (C=O) groups excluding carboxylic acids is 3. The molecule has 0 bridgehead atoms. The first kappa shape index (κ1) is 26.5. The molecule has 2 amide bonds. The Bertz CT molecular complexity index is 1220. The third kappa shape index (κ3) is 5.93. The Balaban J connectivity index is 0.00000342. The highest BCUT2D eigenvalue weighted by Gasteiger charge is 2.29. The van der Waals surface area contributed by atoms with Gasteiger partial charge in [-0.1, -0.05) is 11.6 Å². The number of fused-ring (bicyclic) bond motifs is 1. The number of furan rings is 1. The molecule has 0 spiro atoms. The summed E-state index contributed by atoms with van der Waals surface area (Å²) in [6.45, 7) is 0. The molecule has 0 saturated heterocycles. The third-order valence-electron chi connectivity index (χ3n) is 6.04. The van der Waals surface area contributed by atoms with Crippen molar-refractivity contribution in [3.63, 3.8) is 0 Å². The zero-order chi connectivity index (χ0) is 24.2. The maximum absolute atomic E-state index is 13.1. The Morgan fingerprint density at radius 2 is 1.83 bits per heavy atom. The fourth-order valence-corrected chi connectivity index (χ4v) is 4.23. The quantitative estimate of drug-likeness (QED) is 0.404. The average Bonchev–Trinajstić information content (AvgIpc) is 3.22. The van der Waals surface area contributed by atoms with E-state index in [1.54, 1.807) is 18.2 Å². The van der Waals surface area contributed by atoms with Crippen molar-refractivity contribution in [3.8, 4) is 0 Å². The Morgan fingerprint density at radius 3 is 2.46 bits per heavy atom. The molecular formula is C24H26Cl2N4O5. The summed E-state index contributed by atoms with van der Waals surface area (Å²) >= 11 is 5.86. The monoisotopic (exact) mass is 520 g/mol. The van der Waals surface area contributed by atoms with Gasteiger partial charge >= 0.3 is 5.97 Å². The van der Waals surface area contributed by atoms with Crippen LogP contribution in [-0.2, 0) is 9.53 Å². The molecule has 2 aromatic heterocycles. The summed E-state index contributed by atoms with van der Waals surface area (Å²) in [7, 11) is 3.20. The van der Waals surface area contributed by atoms with Crippen molar-refractivity contribution in [1.29, 1.82) is 0 Å². The number of benzene rings is 1. The highest BCUT2D eigenvalue weighted by atomic mass is 35.5. The molecule has 1 fully saturated rings. The van der Waals surface area contributed by atoms with E-state index < -0.39 is 11.9 Å². The molecule has 9 nitrogen and oxygen atoms in total. The normalized spacial score (nSPS) is 17.3. The number of amides is 2. The fraction of sp³-hybridized carbons (Fsp3) is 0.333. The topological polar surface area (TPSA) is 123 Å². The zero-order valence-electron chi connectivity index (χ0n) is 19.2. The van der Waals surface area contributed by atoms with Crippen LogP contribution in [0.1, 0.15) is 46.6 Å². The smallest absolute Gasteiger partial charge is 0.337 e. The summed E-state index contributed by atoms with van der Waals surface area (Å²) in [6, 6.07) is 8.17. The van der Waals surface area contributed by atoms with Crippen LogP contribution in [0.15, 0.2) is 40.9 Å². The molecule has 0 unspecified atom stereocenters. The molecule has 3 N–H and O–H groups in total. The number of ether oxygens (including phenoxy) is 1. The predicted molar refractivity (Wildman–Crippen MR) is 135 cm³/mol. The molecule has 3 aromatic rings. The van der Waals surface area contributed by atoms with Crippen LogP contribution in [0.25, 0.3) is 11.0 Å². The number of esters is 1. The second kappa shape index (κ2) is 11.5. The number of methoxy groups -OCH3 is 1. The number of carbonyl (C=O) groups is 3. The van der Waals surface area contributed by atoms with E-state index in [0.717, 1.165) is 25.7 Å². The number of anilines is 2. The molecule has 186 valence electrons. The number of nitrogens with zero attached hydrogens (tertiary/aromatic N) is 1. The molecule has 35 heavy (non-hydrogen) atoms. The van der Waals surface area contributed by atoms with E-state index in [4.69, 9.17) is 20.8 Å². The third-order valence-corrected chi connectivity index (χ3v) is 6.26. The fourth-order valence-electron chi connectivity index (χ4n) is 4.12. The van der Waals surface area contributed by atoms with E-state index in [1.165, 1.54) is 25.4 Å². The summed E-state index contributed by atoms with van der Waals surface area (Å²) in [6.07, 6.45) is 4.65. The first-order valence-electron chi connectivity index (χ1n) is 11.0. The summed E-state index contributed by atoms with van der Waals surface area (Å²) < 4.78 is 10.6. The van der Waals surface area contributed by atoms with Crippen LogP contribution in [0, 0.1) is 5.92 Å². The van der Waals surface area contributed by atoms with Gasteiger partial charge in [-0.25, -0.2) is 9.78 Å². The highest BCUT2D eigenvalue weighted by Crippen LogP contribution is 2.34. The van der Waals surface area contributed by atoms with Crippen LogP contribution in [0.4, 0.5) is 11.5 Å². The van der Waals surface area contributed by atoms with E-state index in [2.05, 4.69) is 20.9 Å². The van der Waals surface area contributed by atoms with Crippen LogP contribution < -0.4 is 16.0 Å². The van der Waals surface area contributed by atoms with Crippen LogP contribution in [0.2, 0.25) is 5.02 Å². The lowest BCUT2D eigenvalue weighted by molar-refractivity contribution is -0.120. The predicted octanol–water partition coefficient (Wildman–Crippen LogP) is 4.66. The number of nitrogens with one attached hydrogen (secondary N) is 3. The second-order valence-corrected chi connectivity index (χ2v) is 8.59. The van der Waals surface area contributed by atoms with Crippen molar-refractivity contribution in [2.24, 2.45) is 5.92 Å². The molecule has 0 atom stereocenters. The zero-order valence-corrected chi connectivity index (χ0v) is 20.8. The minimum Gasteiger partial charge on any atom is -0.465 e. The van der Waals surface area contributed by atoms with Crippen molar-refractivity contribution in [2.75, 3.05) is 24.8 Å². The molecule has 0 aliphatic heterocycles. The van der Waals surface area contributed by atoms with E-state index >= 15 is 0 Å². The highest BCUT2D eigenvalue weighted by molar-refractivity contribution is 6.30. The molecule has 1 saturated carbocycles. The van der Waals surface area contributed by atoms with Gasteiger partial charge in [0.05, 0.1) is 17.7 Å². The maximum Gasteiger partial charge on any atom is 0.337 e. The minimum atomic E-state index is -0.597. The molecule has 4 rings (SSSR count). The van der Waals surface area contributed by atoms with E-state index in [9.17, 15) is 14.4 Å². The molecule has 11 heteroatoms. The van der Waals surface area contributed by atoms with Crippen LogP contribution >= 0.6 is 24.0 Å². The first-order valence-corrected chi connectivity index (χ1v) is 11.3. The van der Waals surface area contributed by atoms with Crippen molar-refractivity contribution in [2.45, 2.75) is 31.7 Å². The number of hydrogen-bond acceptors (Lipinski definition) is 7. The van der Waals surface area contributed by atoms with Crippen molar-refractivity contribution in [3.05, 3.63) is 52.9 Å². The number of pyridine rings is 1. The summed E-state index contributed by atoms with van der Waals surface area (Å²) in [4.78, 5) is 42.3. The minimum absolute atomic E-state index is 0. The van der Waals surface area contributed by atoms with Crippen molar-refractivity contribution in [1.82, 2.24) is 10.3 Å². The van der Waals surface area contributed by atoms with Crippen LogP contribution in [-0.4, -0.2) is 43.0 Å². The number of halogens is 2. The molecule has 1 aliphatic carbocycles. The van der Waals surface area contributed by atoms with E-state index in [-0.39, 0.29) is 47.1 Å². The number of aromatic nitrogens is 1. The van der Waals surface area contributed by atoms with Gasteiger partial charge in [0.2, 0.25) is 11.7 Å². The molecule has 1 aromatic carbocycles. The van der Waals surface area contributed by atoms with Crippen molar-refractivity contribution >= 4 is 64.3 Å². The van der Waals surface area contributed by atoms with Gasteiger partial charge in [0, 0.05) is 23.5 Å². The lowest BCUT2D eigenvalue weighted by Crippen LogP contribution is -2.34. The Hall–Kier alpha value is -3.14. The molecular weight excluding hydrogens is 495 g/mol. The Labute approximate surface area is 213 Å². The first-order chi connectivity index (χ1) is 16.4. The molecule has 1 aliphatic rings. The Kier molecular flexibility index (Phi) is 8.71. The number of hydrogen-bond donors (Lipinski definition) is 3. The lowest BCUT2D eigenvalue weighted by atomic mass is 9.85. The lowest BCUT2D eigenvalue weighted by Gasteiger charge is -2.27. The van der Waals surface area contributed by atoms with E-state index in [0.29, 0.717) is 22.0 Å². The van der Waals surface area contributed by atoms with Gasteiger partial charge in [-0.2, -0.15) is 0 Å². The van der Waals surface area contributed by atoms with Gasteiger partial charge in [0.25, 0.3) is 5.91 Å². The van der Waals surface area contributed by atoms with Gasteiger partial charge in [-0.05, 0) is 63.1 Å². The second-order valence-electron chi connectivity index (χ2n) is 8.15. The van der Waals surface area contributed by atoms with E-state index in [1.807, 2.05) is 7.05 Å². The summed E-state index contributed by atoms with van der Waals surface area (Å²) in [5, 5.41) is 9.64. The van der Waals surface area contributed by atoms with Gasteiger partial charge < -0.3 is 25.1 Å². The Morgan fingerprint density at radius 1 is 1.09 bits per heavy atom. The van der Waals surface area contributed by atoms with Gasteiger partial charge in [0.1, 0.15) is 17.1 Å². The van der Waals surface area contributed by atoms with Gasteiger partial charge in [-0.3, -0.25) is 9.59 Å². The van der Waals surface area contributed by atoms with Crippen molar-refractivity contribution < 1.29 is 23.5 Å². The summed E-state index contributed by atoms with van der Waals surface area (Å²) in [5.74, 6) is -1.34. The molecule has 0 radical (unpaired) electrons. The average molecular weight is 521 g/mol. The van der Waals surface area contributed by atoms with Crippen LogP contribution in [0.5, 0.6) is 0 Å². The maximum atomic E-state index is 13.1. The van der Waals surface area contributed by atoms with Crippen LogP contribution in [0.3, 0.4) is 0 Å². The number of rotatable bonds is 6. The standard InChI is InChI=1S/C24H25ClN4O5.ClH/c1-26-16-7-3-13(4-8-16)22(30)29-20-17-11-14(24(32)33-2)5-9-18(17)34-21(20)23(31)28-19-10-6-15(25)12-27-19;/h5-6,9-13,16,26H,3-4,7-8H2,1-2H3,(H,29,30)(H,27,28,31);1H/t13-,16-;. The molecule has 2 heterocycles. The SMILES string of the molecule is CN[C@H]1CC[C@H](C(=O)Nc2c(C(=O)Nc3ccc(Cl)cn3)oc3ccc(C(=O)OC)cc23)CC1.Cl. The largest absolute Gasteiger partial charge is 0.465 e. The van der Waals surface area contributed by atoms with Gasteiger partial charge in [-0.15, -0.1) is 12.4 Å². The van der Waals surface area contributed by atoms with Gasteiger partial charge in [0.15, 0.2) is 0 Å². The summed E-state index contributed by atoms with van der Waals surface area (Å²) in [5.41, 5.74) is 0.816.